The first-order chi connectivity index (χ1) is 6.20. The molecule has 0 aliphatic carbocycles. The fourth-order valence-electron chi connectivity index (χ4n) is 0.908. The van der Waals surface area contributed by atoms with E-state index >= 15 is 0 Å². The van der Waals surface area contributed by atoms with E-state index in [0.29, 0.717) is 26.3 Å². The Hall–Kier alpha value is -0.630. The van der Waals surface area contributed by atoms with Crippen LogP contribution in [0.1, 0.15) is 6.92 Å². The van der Waals surface area contributed by atoms with Crippen molar-refractivity contribution in [3.63, 3.8) is 0 Å². The normalized spacial score (nSPS) is 20.1. The van der Waals surface area contributed by atoms with Gasteiger partial charge in [0.25, 0.3) is 0 Å². The van der Waals surface area contributed by atoms with Crippen molar-refractivity contribution in [3.8, 4) is 11.2 Å². The van der Waals surface area contributed by atoms with Crippen LogP contribution in [0.5, 0.6) is 0 Å². The summed E-state index contributed by atoms with van der Waals surface area (Å²) in [5, 5.41) is 2.64. The van der Waals surface area contributed by atoms with Gasteiger partial charge in [-0.1, -0.05) is 12.5 Å². The summed E-state index contributed by atoms with van der Waals surface area (Å²) in [5.74, 6) is 2.72. The van der Waals surface area contributed by atoms with Gasteiger partial charge >= 0.3 is 0 Å². The van der Waals surface area contributed by atoms with Gasteiger partial charge in [0.05, 0.1) is 13.2 Å². The highest BCUT2D eigenvalue weighted by Crippen LogP contribution is 2.00. The van der Waals surface area contributed by atoms with Gasteiger partial charge in [0.15, 0.2) is 11.0 Å². The van der Waals surface area contributed by atoms with Gasteiger partial charge in [-0.3, -0.25) is 0 Å². The first-order valence-electron chi connectivity index (χ1n) is 4.12. The average Bonchev–Trinajstić information content (AvgIpc) is 2.15. The van der Waals surface area contributed by atoms with Gasteiger partial charge in [-0.2, -0.15) is 0 Å². The second-order valence-electron chi connectivity index (χ2n) is 2.80. The molecule has 1 unspecified atom stereocenters. The molecule has 1 rings (SSSR count). The lowest BCUT2D eigenvalue weighted by Gasteiger charge is -2.22. The van der Waals surface area contributed by atoms with Crippen LogP contribution in [0.15, 0.2) is 12.2 Å². The van der Waals surface area contributed by atoms with Crippen LogP contribution in [-0.4, -0.2) is 34.8 Å². The molecule has 1 aliphatic heterocycles. The van der Waals surface area contributed by atoms with Gasteiger partial charge < -0.3 is 4.74 Å². The second-order valence-corrected chi connectivity index (χ2v) is 4.02. The molecule has 72 valence electrons. The van der Waals surface area contributed by atoms with Crippen LogP contribution in [0.2, 0.25) is 0 Å². The lowest BCUT2D eigenvalue weighted by atomic mass is 10.4. The van der Waals surface area contributed by atoms with Crippen LogP contribution in [-0.2, 0) is 15.7 Å². The number of allylic oxidation sites excluding steroid dienone is 1. The zero-order valence-corrected chi connectivity index (χ0v) is 8.52. The second kappa shape index (κ2) is 5.18. The number of morpholine rings is 1. The van der Waals surface area contributed by atoms with Crippen LogP contribution >= 0.6 is 0 Å². The molecule has 1 aliphatic rings. The summed E-state index contributed by atoms with van der Waals surface area (Å²) < 4.78 is 18.4. The molecule has 0 aromatic heterocycles. The van der Waals surface area contributed by atoms with Gasteiger partial charge in [-0.05, 0) is 12.5 Å². The van der Waals surface area contributed by atoms with Crippen LogP contribution in [0, 0.1) is 11.2 Å². The molecule has 4 heteroatoms. The zero-order valence-electron chi connectivity index (χ0n) is 7.71. The molecule has 1 heterocycles. The molecule has 0 saturated carbocycles. The third-order valence-corrected chi connectivity index (χ3v) is 2.67. The predicted octanol–water partition coefficient (Wildman–Crippen LogP) is 0.519. The molecule has 0 aromatic rings. The highest BCUT2D eigenvalue weighted by atomic mass is 32.2. The van der Waals surface area contributed by atoms with Gasteiger partial charge in [0.2, 0.25) is 0 Å². The molecular formula is C9H13NO2S. The molecule has 0 radical (unpaired) electrons. The molecule has 3 nitrogen and oxygen atoms in total. The van der Waals surface area contributed by atoms with E-state index in [-0.39, 0.29) is 0 Å². The summed E-state index contributed by atoms with van der Waals surface area (Å²) in [5.41, 5.74) is 0.738. The van der Waals surface area contributed by atoms with Crippen LogP contribution in [0.25, 0.3) is 0 Å². The lowest BCUT2D eigenvalue weighted by Crippen LogP contribution is -2.36. The molecule has 0 N–H and O–H groups in total. The summed E-state index contributed by atoms with van der Waals surface area (Å²) in [6.45, 7) is 8.08. The van der Waals surface area contributed by atoms with Crippen molar-refractivity contribution in [1.82, 2.24) is 4.31 Å². The maximum atomic E-state index is 11.5. The molecule has 1 saturated heterocycles. The summed E-state index contributed by atoms with van der Waals surface area (Å²) in [6, 6.07) is 0. The number of hydrogen-bond acceptors (Lipinski definition) is 2. The van der Waals surface area contributed by atoms with E-state index in [4.69, 9.17) is 4.74 Å². The third kappa shape index (κ3) is 3.73. The van der Waals surface area contributed by atoms with Crippen LogP contribution < -0.4 is 0 Å². The number of nitrogens with zero attached hydrogens (tertiary/aromatic N) is 1. The summed E-state index contributed by atoms with van der Waals surface area (Å²) in [4.78, 5) is 0. The topological polar surface area (TPSA) is 29.5 Å². The van der Waals surface area contributed by atoms with Crippen molar-refractivity contribution in [3.05, 3.63) is 12.2 Å². The lowest BCUT2D eigenvalue weighted by molar-refractivity contribution is 0.0757. The fourth-order valence-corrected chi connectivity index (χ4v) is 1.78. The van der Waals surface area contributed by atoms with E-state index in [2.05, 4.69) is 17.8 Å². The minimum Gasteiger partial charge on any atom is -0.379 e. The smallest absolute Gasteiger partial charge is 0.174 e. The maximum absolute atomic E-state index is 11.5. The zero-order chi connectivity index (χ0) is 9.68. The number of ether oxygens (including phenoxy) is 1. The summed E-state index contributed by atoms with van der Waals surface area (Å²) >= 11 is 0. The largest absolute Gasteiger partial charge is 0.379 e. The Kier molecular flexibility index (Phi) is 4.16. The van der Waals surface area contributed by atoms with Crippen molar-refractivity contribution < 1.29 is 8.95 Å². The van der Waals surface area contributed by atoms with Crippen LogP contribution in [0.4, 0.5) is 0 Å². The van der Waals surface area contributed by atoms with Crippen molar-refractivity contribution in [2.24, 2.45) is 0 Å². The first-order valence-corrected chi connectivity index (χ1v) is 5.22. The Balaban J connectivity index is 2.48. The van der Waals surface area contributed by atoms with Crippen molar-refractivity contribution in [2.45, 2.75) is 6.92 Å². The average molecular weight is 199 g/mol. The van der Waals surface area contributed by atoms with Crippen molar-refractivity contribution in [2.75, 3.05) is 26.3 Å². The van der Waals surface area contributed by atoms with E-state index in [1.165, 1.54) is 0 Å². The Morgan fingerprint density at radius 3 is 2.69 bits per heavy atom. The van der Waals surface area contributed by atoms with Crippen LogP contribution in [0.3, 0.4) is 0 Å². The van der Waals surface area contributed by atoms with Crippen molar-refractivity contribution in [1.29, 1.82) is 0 Å². The number of rotatable bonds is 1. The van der Waals surface area contributed by atoms with Gasteiger partial charge in [0.1, 0.15) is 0 Å². The Bertz CT molecular complexity index is 271. The standard InChI is InChI=1S/C9H13NO2S/c1-9(2)3-8-13(11)10-4-6-12-7-5-10/h1,4-7H2,2H3. The highest BCUT2D eigenvalue weighted by molar-refractivity contribution is 7.87. The van der Waals surface area contributed by atoms with Gasteiger partial charge in [-0.25, -0.2) is 8.51 Å². The summed E-state index contributed by atoms with van der Waals surface area (Å²) in [6.07, 6.45) is 0. The highest BCUT2D eigenvalue weighted by Gasteiger charge is 2.14. The molecule has 0 amide bonds. The fraction of sp³-hybridized carbons (Fsp3) is 0.556. The minimum absolute atomic E-state index is 0.639. The molecule has 1 fully saturated rings. The van der Waals surface area contributed by atoms with Gasteiger partial charge in [0, 0.05) is 18.3 Å². The van der Waals surface area contributed by atoms with E-state index in [1.54, 1.807) is 11.2 Å². The Labute approximate surface area is 81.3 Å². The van der Waals surface area contributed by atoms with Crippen molar-refractivity contribution >= 4 is 11.0 Å². The Morgan fingerprint density at radius 1 is 1.54 bits per heavy atom. The van der Waals surface area contributed by atoms with E-state index in [0.717, 1.165) is 5.57 Å². The molecule has 13 heavy (non-hydrogen) atoms. The molecular weight excluding hydrogens is 186 g/mol. The number of hydrogen-bond donors (Lipinski definition) is 0. The van der Waals surface area contributed by atoms with E-state index in [1.807, 2.05) is 0 Å². The Morgan fingerprint density at radius 2 is 2.15 bits per heavy atom. The first kappa shape index (κ1) is 10.5. The predicted molar refractivity (Wildman–Crippen MR) is 53.1 cm³/mol. The minimum atomic E-state index is -1.20. The summed E-state index contributed by atoms with van der Waals surface area (Å²) in [7, 11) is -1.20. The molecule has 0 aromatic carbocycles. The SMILES string of the molecule is C=C(C)C#CS(=O)N1CCOCC1. The molecule has 0 spiro atoms. The van der Waals surface area contributed by atoms with E-state index < -0.39 is 11.0 Å². The quantitative estimate of drug-likeness (QED) is 0.576. The third-order valence-electron chi connectivity index (χ3n) is 1.56. The monoisotopic (exact) mass is 199 g/mol. The van der Waals surface area contributed by atoms with Gasteiger partial charge in [-0.15, -0.1) is 0 Å². The molecule has 1 atom stereocenters. The maximum Gasteiger partial charge on any atom is 0.174 e. The van der Waals surface area contributed by atoms with E-state index in [9.17, 15) is 4.21 Å². The molecule has 0 bridgehead atoms.